The molecule has 0 aromatic carbocycles. The van der Waals surface area contributed by atoms with Gasteiger partial charge in [-0.05, 0) is 42.5 Å². The zero-order valence-electron chi connectivity index (χ0n) is 20.0. The van der Waals surface area contributed by atoms with Crippen molar-refractivity contribution in [1.82, 2.24) is 30.4 Å². The van der Waals surface area contributed by atoms with Crippen LogP contribution in [0.3, 0.4) is 0 Å². The average Bonchev–Trinajstić information content (AvgIpc) is 3.49. The Morgan fingerprint density at radius 2 is 1.24 bits per heavy atom. The number of rotatable bonds is 8. The molecule has 4 heterocycles. The Bertz CT molecular complexity index is 1230. The van der Waals surface area contributed by atoms with Crippen LogP contribution in [0, 0.1) is 0 Å². The van der Waals surface area contributed by atoms with Crippen LogP contribution in [0.1, 0.15) is 65.1 Å². The maximum atomic E-state index is 12.4. The van der Waals surface area contributed by atoms with Gasteiger partial charge in [0, 0.05) is 36.6 Å². The highest BCUT2D eigenvalue weighted by Gasteiger charge is 2.28. The predicted molar refractivity (Wildman–Crippen MR) is 142 cm³/mol. The largest absolute Gasteiger partial charge is 0.300 e. The summed E-state index contributed by atoms with van der Waals surface area (Å²) >= 11 is 2.87. The molecule has 2 atom stereocenters. The Morgan fingerprint density at radius 3 is 1.68 bits per heavy atom. The van der Waals surface area contributed by atoms with Gasteiger partial charge in [0.2, 0.25) is 22.1 Å². The van der Waals surface area contributed by atoms with Crippen LogP contribution in [-0.2, 0) is 22.4 Å². The molecule has 4 aromatic heterocycles. The van der Waals surface area contributed by atoms with Crippen LogP contribution in [-0.4, -0.2) is 42.2 Å². The quantitative estimate of drug-likeness (QED) is 0.318. The van der Waals surface area contributed by atoms with Gasteiger partial charge in [-0.25, -0.2) is 0 Å². The van der Waals surface area contributed by atoms with Crippen molar-refractivity contribution in [3.63, 3.8) is 0 Å². The fourth-order valence-electron chi connectivity index (χ4n) is 4.41. The summed E-state index contributed by atoms with van der Waals surface area (Å²) in [6.45, 7) is 0. The predicted octanol–water partition coefficient (Wildman–Crippen LogP) is 4.37. The molecule has 37 heavy (non-hydrogen) atoms. The molecule has 0 radical (unpaired) electrons. The number of hydrogen-bond acceptors (Lipinski definition) is 10. The first-order valence-corrected chi connectivity index (χ1v) is 13.8. The molecule has 1 aliphatic rings. The number of nitrogens with one attached hydrogen (secondary N) is 2. The minimum atomic E-state index is -0.138. The van der Waals surface area contributed by atoms with Gasteiger partial charge >= 0.3 is 0 Å². The van der Waals surface area contributed by atoms with Gasteiger partial charge in [-0.15, -0.1) is 20.4 Å². The lowest BCUT2D eigenvalue weighted by Gasteiger charge is -2.15. The number of aromatic nitrogens is 6. The molecule has 2 amide bonds. The van der Waals surface area contributed by atoms with E-state index < -0.39 is 0 Å². The summed E-state index contributed by atoms with van der Waals surface area (Å²) in [6.07, 6.45) is 12.3. The molecule has 0 bridgehead atoms. The Balaban J connectivity index is 1.18. The van der Waals surface area contributed by atoms with E-state index in [0.717, 1.165) is 53.2 Å². The van der Waals surface area contributed by atoms with Crippen molar-refractivity contribution in [2.24, 2.45) is 0 Å². The zero-order valence-corrected chi connectivity index (χ0v) is 21.7. The lowest BCUT2D eigenvalue weighted by Crippen LogP contribution is -2.14. The summed E-state index contributed by atoms with van der Waals surface area (Å²) in [7, 11) is 0. The molecule has 4 aromatic rings. The third-order valence-corrected chi connectivity index (χ3v) is 8.17. The van der Waals surface area contributed by atoms with Gasteiger partial charge in [0.05, 0.1) is 12.8 Å². The molecule has 0 unspecified atom stereocenters. The van der Waals surface area contributed by atoms with Gasteiger partial charge in [-0.3, -0.25) is 19.6 Å². The van der Waals surface area contributed by atoms with E-state index in [1.54, 1.807) is 24.8 Å². The smallest absolute Gasteiger partial charge is 0.230 e. The lowest BCUT2D eigenvalue weighted by molar-refractivity contribution is -0.116. The van der Waals surface area contributed by atoms with Crippen molar-refractivity contribution in [2.45, 2.75) is 56.8 Å². The van der Waals surface area contributed by atoms with E-state index in [-0.39, 0.29) is 36.5 Å². The minimum Gasteiger partial charge on any atom is -0.300 e. The summed E-state index contributed by atoms with van der Waals surface area (Å²) in [5.74, 6) is 0.200. The second-order valence-corrected chi connectivity index (χ2v) is 11.0. The van der Waals surface area contributed by atoms with Crippen LogP contribution in [0.2, 0.25) is 0 Å². The van der Waals surface area contributed by atoms with Crippen LogP contribution >= 0.6 is 22.7 Å². The first kappa shape index (κ1) is 25.0. The fraction of sp³-hybridized carbons (Fsp3) is 0.360. The first-order chi connectivity index (χ1) is 18.1. The topological polar surface area (TPSA) is 136 Å². The molecule has 2 N–H and O–H groups in total. The van der Waals surface area contributed by atoms with Crippen molar-refractivity contribution >= 4 is 44.8 Å². The fourth-order valence-corrected chi connectivity index (χ4v) is 6.23. The van der Waals surface area contributed by atoms with E-state index in [1.807, 2.05) is 24.3 Å². The summed E-state index contributed by atoms with van der Waals surface area (Å²) in [5.41, 5.74) is 1.70. The van der Waals surface area contributed by atoms with Gasteiger partial charge in [0.25, 0.3) is 0 Å². The molecule has 0 aliphatic heterocycles. The standard InChI is InChI=1S/C25H26N8O2S2/c34-20(11-16-5-3-9-26-14-16)28-24-32-30-22(36-24)18-7-1-2-8-19(13-18)23-31-33-25(37-23)29-21(35)12-17-6-4-10-27-15-17/h3-6,9-10,14-15,18-19H,1-2,7-8,11-13H2,(H,28,32,34)(H,29,33,35)/t18-,19+. The van der Waals surface area contributed by atoms with Crippen LogP contribution in [0.4, 0.5) is 10.3 Å². The summed E-state index contributed by atoms with van der Waals surface area (Å²) in [4.78, 5) is 32.9. The number of pyridine rings is 2. The molecule has 12 heteroatoms. The average molecular weight is 535 g/mol. The molecule has 1 saturated carbocycles. The van der Waals surface area contributed by atoms with Crippen LogP contribution < -0.4 is 10.6 Å². The highest BCUT2D eigenvalue weighted by atomic mass is 32.1. The summed E-state index contributed by atoms with van der Waals surface area (Å²) in [6, 6.07) is 7.36. The van der Waals surface area contributed by atoms with E-state index in [0.29, 0.717) is 10.3 Å². The second-order valence-electron chi connectivity index (χ2n) is 8.98. The van der Waals surface area contributed by atoms with E-state index in [1.165, 1.54) is 22.7 Å². The van der Waals surface area contributed by atoms with Gasteiger partial charge in [0.1, 0.15) is 10.0 Å². The minimum absolute atomic E-state index is 0.138. The van der Waals surface area contributed by atoms with Crippen LogP contribution in [0.5, 0.6) is 0 Å². The Morgan fingerprint density at radius 1 is 0.757 bits per heavy atom. The van der Waals surface area contributed by atoms with E-state index in [9.17, 15) is 9.59 Å². The number of amides is 2. The molecular formula is C25H26N8O2S2. The molecule has 190 valence electrons. The van der Waals surface area contributed by atoms with Gasteiger partial charge < -0.3 is 10.6 Å². The highest BCUT2D eigenvalue weighted by molar-refractivity contribution is 7.15. The maximum absolute atomic E-state index is 12.4. The Kier molecular flexibility index (Phi) is 8.16. The van der Waals surface area contributed by atoms with Crippen molar-refractivity contribution in [3.05, 3.63) is 70.2 Å². The monoisotopic (exact) mass is 534 g/mol. The van der Waals surface area contributed by atoms with Crippen LogP contribution in [0.25, 0.3) is 0 Å². The molecule has 5 rings (SSSR count). The molecule has 1 aliphatic carbocycles. The van der Waals surface area contributed by atoms with Crippen molar-refractivity contribution in [3.8, 4) is 0 Å². The Hall–Kier alpha value is -3.64. The van der Waals surface area contributed by atoms with Crippen molar-refractivity contribution in [2.75, 3.05) is 10.6 Å². The molecule has 0 spiro atoms. The third kappa shape index (κ3) is 6.98. The number of hydrogen-bond donors (Lipinski definition) is 2. The van der Waals surface area contributed by atoms with E-state index in [4.69, 9.17) is 0 Å². The molecule has 0 saturated heterocycles. The first-order valence-electron chi connectivity index (χ1n) is 12.2. The second kappa shape index (κ2) is 12.1. The molecular weight excluding hydrogens is 508 g/mol. The number of carbonyl (C=O) groups is 2. The van der Waals surface area contributed by atoms with E-state index >= 15 is 0 Å². The van der Waals surface area contributed by atoms with Gasteiger partial charge in [-0.1, -0.05) is 47.6 Å². The molecule has 1 fully saturated rings. The van der Waals surface area contributed by atoms with Gasteiger partial charge in [0.15, 0.2) is 0 Å². The highest BCUT2D eigenvalue weighted by Crippen LogP contribution is 2.42. The Labute approximate surface area is 222 Å². The summed E-state index contributed by atoms with van der Waals surface area (Å²) < 4.78 is 0. The van der Waals surface area contributed by atoms with Crippen molar-refractivity contribution in [1.29, 1.82) is 0 Å². The maximum Gasteiger partial charge on any atom is 0.230 e. The van der Waals surface area contributed by atoms with Crippen LogP contribution in [0.15, 0.2) is 49.1 Å². The SMILES string of the molecule is O=C(Cc1cccnc1)Nc1nnc([C@@H]2CCCC[C@H](c3nnc(NC(=O)Cc4cccnc4)s3)C2)s1. The lowest BCUT2D eigenvalue weighted by atomic mass is 9.94. The molecule has 10 nitrogen and oxygen atoms in total. The number of carbonyl (C=O) groups excluding carboxylic acids is 2. The zero-order chi connectivity index (χ0) is 25.5. The number of nitrogens with zero attached hydrogens (tertiary/aromatic N) is 6. The van der Waals surface area contributed by atoms with E-state index in [2.05, 4.69) is 41.0 Å². The van der Waals surface area contributed by atoms with Gasteiger partial charge in [-0.2, -0.15) is 0 Å². The normalized spacial score (nSPS) is 17.6. The number of anilines is 2. The summed E-state index contributed by atoms with van der Waals surface area (Å²) in [5, 5.41) is 25.8. The third-order valence-electron chi connectivity index (χ3n) is 6.17. The van der Waals surface area contributed by atoms with Crippen molar-refractivity contribution < 1.29 is 9.59 Å².